The molecule has 1 N–H and O–H groups in total. The van der Waals surface area contributed by atoms with Crippen LogP contribution in [0.15, 0.2) is 0 Å². The lowest BCUT2D eigenvalue weighted by Gasteiger charge is -2.48. The number of hydrogen-bond acceptors (Lipinski definition) is 2. The van der Waals surface area contributed by atoms with Gasteiger partial charge in [-0.05, 0) is 5.92 Å². The molecule has 0 fully saturated rings. The zero-order valence-electron chi connectivity index (χ0n) is 12.7. The summed E-state index contributed by atoms with van der Waals surface area (Å²) in [7, 11) is -3.23. The topological polar surface area (TPSA) is 40.5 Å². The van der Waals surface area contributed by atoms with Gasteiger partial charge in [0.15, 0.2) is 0 Å². The van der Waals surface area contributed by atoms with Crippen LogP contribution in [0.3, 0.4) is 0 Å². The minimum absolute atomic E-state index is 0.214. The Balaban J connectivity index is 5.48. The van der Waals surface area contributed by atoms with E-state index in [0.29, 0.717) is 0 Å². The van der Waals surface area contributed by atoms with E-state index < -0.39 is 22.4 Å². The van der Waals surface area contributed by atoms with Crippen LogP contribution in [-0.4, -0.2) is 37.8 Å². The molecule has 0 unspecified atom stereocenters. The van der Waals surface area contributed by atoms with Crippen molar-refractivity contribution < 1.29 is 9.90 Å². The van der Waals surface area contributed by atoms with Gasteiger partial charge in [-0.1, -0.05) is 59.6 Å². The van der Waals surface area contributed by atoms with E-state index in [1.165, 1.54) is 0 Å². The normalized spacial score (nSPS) is 17.0. The Morgan fingerprint density at radius 2 is 1.47 bits per heavy atom. The van der Waals surface area contributed by atoms with Crippen molar-refractivity contribution in [1.29, 1.82) is 0 Å². The second kappa shape index (κ2) is 5.67. The molecule has 0 saturated carbocycles. The molecule has 102 valence electrons. The van der Waals surface area contributed by atoms with E-state index in [1.807, 2.05) is 0 Å². The summed E-state index contributed by atoms with van der Waals surface area (Å²) in [6.45, 7) is 17.7. The van der Waals surface area contributed by atoms with Gasteiger partial charge in [-0.3, -0.25) is 4.79 Å². The second-order valence-electron chi connectivity index (χ2n) is 6.88. The van der Waals surface area contributed by atoms with E-state index in [4.69, 9.17) is 0 Å². The van der Waals surface area contributed by atoms with Crippen molar-refractivity contribution in [2.45, 2.75) is 65.6 Å². The Hall–Kier alpha value is -0.136. The third kappa shape index (κ3) is 4.56. The average Bonchev–Trinajstić information content (AvgIpc) is 2.07. The van der Waals surface area contributed by atoms with Gasteiger partial charge >= 0.3 is 5.97 Å². The lowest BCUT2D eigenvalue weighted by molar-refractivity contribution is -0.142. The first-order valence-corrected chi connectivity index (χ1v) is 13.3. The number of nitrogens with zero attached hydrogens (tertiary/aromatic N) is 1. The van der Waals surface area contributed by atoms with Crippen LogP contribution in [0.4, 0.5) is 0 Å². The zero-order chi connectivity index (χ0) is 14.0. The molecular weight excluding hydrogens is 246 g/mol. The highest BCUT2D eigenvalue weighted by Crippen LogP contribution is 2.28. The van der Waals surface area contributed by atoms with E-state index in [2.05, 4.69) is 57.4 Å². The Morgan fingerprint density at radius 3 is 1.65 bits per heavy atom. The first-order valence-electron chi connectivity index (χ1n) is 6.45. The smallest absolute Gasteiger partial charge is 0.319 e. The zero-order valence-corrected chi connectivity index (χ0v) is 14.7. The lowest BCUT2D eigenvalue weighted by Crippen LogP contribution is -2.66. The van der Waals surface area contributed by atoms with Gasteiger partial charge in [0.1, 0.15) is 16.5 Å². The van der Waals surface area contributed by atoms with Gasteiger partial charge in [-0.2, -0.15) is 0 Å². The quantitative estimate of drug-likeness (QED) is 0.755. The number of hydrogen-bond donors (Lipinski definition) is 1. The van der Waals surface area contributed by atoms with Crippen LogP contribution in [0.2, 0.25) is 39.3 Å². The average molecular weight is 276 g/mol. The molecule has 0 rings (SSSR count). The summed E-state index contributed by atoms with van der Waals surface area (Å²) in [6, 6.07) is -0.307. The monoisotopic (exact) mass is 275 g/mol. The summed E-state index contributed by atoms with van der Waals surface area (Å²) < 4.78 is 2.40. The van der Waals surface area contributed by atoms with Crippen LogP contribution >= 0.6 is 0 Å². The van der Waals surface area contributed by atoms with Gasteiger partial charge in [-0.25, -0.2) is 0 Å². The molecule has 17 heavy (non-hydrogen) atoms. The van der Waals surface area contributed by atoms with E-state index in [1.54, 1.807) is 0 Å². The Labute approximate surface area is 108 Å². The fourth-order valence-corrected chi connectivity index (χ4v) is 13.1. The molecule has 3 nitrogen and oxygen atoms in total. The molecule has 0 aromatic heterocycles. The van der Waals surface area contributed by atoms with Gasteiger partial charge in [0.25, 0.3) is 0 Å². The molecule has 2 atom stereocenters. The number of aliphatic carboxylic acids is 1. The van der Waals surface area contributed by atoms with Crippen molar-refractivity contribution >= 4 is 22.4 Å². The van der Waals surface area contributed by atoms with Crippen LogP contribution in [-0.2, 0) is 4.79 Å². The fourth-order valence-electron chi connectivity index (χ4n) is 2.67. The Kier molecular flexibility index (Phi) is 5.62. The first kappa shape index (κ1) is 16.9. The number of carboxylic acids is 1. The van der Waals surface area contributed by atoms with Gasteiger partial charge in [0.05, 0.1) is 6.04 Å². The maximum atomic E-state index is 11.6. The van der Waals surface area contributed by atoms with Crippen molar-refractivity contribution in [2.75, 3.05) is 0 Å². The molecule has 0 aliphatic rings. The van der Waals surface area contributed by atoms with Crippen molar-refractivity contribution in [3.05, 3.63) is 0 Å². The van der Waals surface area contributed by atoms with Gasteiger partial charge in [-0.15, -0.1) is 0 Å². The van der Waals surface area contributed by atoms with Crippen molar-refractivity contribution in [3.63, 3.8) is 0 Å². The molecular formula is C12H29NO2Si2. The number of rotatable bonds is 6. The largest absolute Gasteiger partial charge is 0.480 e. The van der Waals surface area contributed by atoms with Gasteiger partial charge in [0.2, 0.25) is 0 Å². The molecule has 0 spiro atoms. The van der Waals surface area contributed by atoms with Crippen LogP contribution in [0.5, 0.6) is 0 Å². The highest BCUT2D eigenvalue weighted by molar-refractivity contribution is 6.89. The Bertz CT molecular complexity index is 255. The predicted octanol–water partition coefficient (Wildman–Crippen LogP) is 3.46. The molecule has 0 radical (unpaired) electrons. The Morgan fingerprint density at radius 1 is 1.12 bits per heavy atom. The molecule has 5 heteroatoms. The maximum absolute atomic E-state index is 11.6. The molecule has 0 aliphatic heterocycles. The molecule has 0 saturated heterocycles. The minimum atomic E-state index is -1.61. The van der Waals surface area contributed by atoms with Crippen molar-refractivity contribution in [1.82, 2.24) is 4.23 Å². The first-order chi connectivity index (χ1) is 7.42. The van der Waals surface area contributed by atoms with E-state index in [-0.39, 0.29) is 12.0 Å². The van der Waals surface area contributed by atoms with Crippen molar-refractivity contribution in [3.8, 4) is 0 Å². The van der Waals surface area contributed by atoms with Gasteiger partial charge in [0, 0.05) is 0 Å². The number of carbonyl (C=O) groups is 1. The van der Waals surface area contributed by atoms with Crippen LogP contribution < -0.4 is 0 Å². The van der Waals surface area contributed by atoms with Crippen molar-refractivity contribution in [2.24, 2.45) is 5.92 Å². The summed E-state index contributed by atoms with van der Waals surface area (Å²) in [5, 5.41) is 9.57. The number of carboxylic acid groups (broad SMARTS) is 1. The third-order valence-electron chi connectivity index (χ3n) is 3.16. The van der Waals surface area contributed by atoms with Crippen LogP contribution in [0.1, 0.15) is 20.3 Å². The lowest BCUT2D eigenvalue weighted by atomic mass is 10.0. The summed E-state index contributed by atoms with van der Waals surface area (Å²) in [5.74, 6) is -0.435. The second-order valence-corrected chi connectivity index (χ2v) is 17.0. The summed E-state index contributed by atoms with van der Waals surface area (Å²) in [4.78, 5) is 11.6. The van der Waals surface area contributed by atoms with Crippen LogP contribution in [0, 0.1) is 5.92 Å². The molecule has 0 aromatic carbocycles. The minimum Gasteiger partial charge on any atom is -0.480 e. The molecule has 0 heterocycles. The highest BCUT2D eigenvalue weighted by Gasteiger charge is 2.44. The van der Waals surface area contributed by atoms with Crippen LogP contribution in [0.25, 0.3) is 0 Å². The fraction of sp³-hybridized carbons (Fsp3) is 0.917. The van der Waals surface area contributed by atoms with E-state index in [9.17, 15) is 9.90 Å². The molecule has 0 bridgehead atoms. The standard InChI is InChI=1S/C12H29NO2Si2/c1-9-10(2)11(12(14)15)13(16(3,4)5)17(6,7)8/h10-11H,9H2,1-8H3,(H,14,15)/t10-,11-/m0/s1. The molecule has 0 aromatic rings. The predicted molar refractivity (Wildman–Crippen MR) is 79.4 cm³/mol. The molecule has 0 amide bonds. The summed E-state index contributed by atoms with van der Waals surface area (Å²) >= 11 is 0. The van der Waals surface area contributed by atoms with Gasteiger partial charge < -0.3 is 9.34 Å². The SMILES string of the molecule is CC[C@H](C)[C@@H](C(=O)O)N([Si](C)(C)C)[Si](C)(C)C. The molecule has 0 aliphatic carbocycles. The highest BCUT2D eigenvalue weighted by atomic mass is 28.4. The third-order valence-corrected chi connectivity index (χ3v) is 10.6. The van der Waals surface area contributed by atoms with E-state index >= 15 is 0 Å². The summed E-state index contributed by atoms with van der Waals surface area (Å²) in [5.41, 5.74) is 0. The maximum Gasteiger partial charge on any atom is 0.319 e. The van der Waals surface area contributed by atoms with E-state index in [0.717, 1.165) is 6.42 Å². The summed E-state index contributed by atoms with van der Waals surface area (Å²) in [6.07, 6.45) is 0.919.